The molecule has 1 heterocycles. The Morgan fingerprint density at radius 2 is 1.74 bits per heavy atom. The zero-order valence-electron chi connectivity index (χ0n) is 22.8. The van der Waals surface area contributed by atoms with Crippen LogP contribution in [0.2, 0.25) is 10.0 Å². The number of nitrogens with two attached hydrogens (primary N) is 1. The van der Waals surface area contributed by atoms with Crippen molar-refractivity contribution in [1.29, 1.82) is 0 Å². The lowest BCUT2D eigenvalue weighted by Crippen LogP contribution is -2.49. The van der Waals surface area contributed by atoms with E-state index in [0.717, 1.165) is 67.7 Å². The van der Waals surface area contributed by atoms with Gasteiger partial charge in [0.1, 0.15) is 0 Å². The predicted molar refractivity (Wildman–Crippen MR) is 159 cm³/mol. The maximum Gasteiger partial charge on any atom is 0.218 e. The maximum absolute atomic E-state index is 11.9. The fourth-order valence-corrected chi connectivity index (χ4v) is 6.17. The summed E-state index contributed by atoms with van der Waals surface area (Å²) in [5.41, 5.74) is 8.74. The number of anilines is 1. The van der Waals surface area contributed by atoms with Crippen LogP contribution < -0.4 is 16.4 Å². The number of carbonyl (C=O) groups is 1. The molecule has 2 aromatic carbocycles. The number of benzene rings is 2. The number of amides is 1. The number of hydrogen-bond donors (Lipinski definition) is 3. The Morgan fingerprint density at radius 3 is 2.32 bits per heavy atom. The van der Waals surface area contributed by atoms with Crippen LogP contribution in [0.25, 0.3) is 0 Å². The third-order valence-electron chi connectivity index (χ3n) is 7.96. The Hall–Kier alpha value is -2.28. The summed E-state index contributed by atoms with van der Waals surface area (Å²) in [5, 5.41) is 8.14. The van der Waals surface area contributed by atoms with E-state index in [1.807, 2.05) is 30.3 Å². The van der Waals surface area contributed by atoms with Gasteiger partial charge in [0.05, 0.1) is 6.04 Å². The van der Waals surface area contributed by atoms with Gasteiger partial charge >= 0.3 is 0 Å². The minimum atomic E-state index is -0.377. The first-order valence-electron chi connectivity index (χ1n) is 13.7. The Labute approximate surface area is 237 Å². The number of rotatable bonds is 6. The second-order valence-corrected chi connectivity index (χ2v) is 12.5. The standard InChI is InChI=1S/C30H41Cl2N5O/c1-30(2,3)21-6-11-24(12-7-21)36-29(37-16-14-34-15-17-37)35-23-9-4-20(5-10-23)26(19-28(33)38)25-13-8-22(31)18-27(25)32/h4-5,8-10,13,18,21,24,26,34H,6-7,11-12,14-17,19H2,1-3H3,(H2,33,38)(H,35,36). The van der Waals surface area contributed by atoms with Gasteiger partial charge in [0.25, 0.3) is 0 Å². The van der Waals surface area contributed by atoms with Crippen molar-refractivity contribution in [2.75, 3.05) is 31.5 Å². The number of guanidine groups is 1. The number of nitrogens with zero attached hydrogens (tertiary/aromatic N) is 2. The third-order valence-corrected chi connectivity index (χ3v) is 8.52. The van der Waals surface area contributed by atoms with Gasteiger partial charge in [-0.2, -0.15) is 0 Å². The molecule has 2 fully saturated rings. The average Bonchev–Trinajstić information content (AvgIpc) is 2.88. The molecule has 2 aromatic rings. The van der Waals surface area contributed by atoms with Crippen molar-refractivity contribution in [3.05, 3.63) is 63.6 Å². The lowest BCUT2D eigenvalue weighted by Gasteiger charge is -2.37. The maximum atomic E-state index is 11.9. The molecule has 4 rings (SSSR count). The highest BCUT2D eigenvalue weighted by molar-refractivity contribution is 6.35. The van der Waals surface area contributed by atoms with Crippen molar-refractivity contribution >= 4 is 40.8 Å². The Morgan fingerprint density at radius 1 is 1.08 bits per heavy atom. The number of aliphatic imine (C=N–C) groups is 1. The molecule has 8 heteroatoms. The monoisotopic (exact) mass is 557 g/mol. The van der Waals surface area contributed by atoms with Crippen molar-refractivity contribution in [3.63, 3.8) is 0 Å². The van der Waals surface area contributed by atoms with Crippen LogP contribution in [0.5, 0.6) is 0 Å². The van der Waals surface area contributed by atoms with Gasteiger partial charge in [-0.3, -0.25) is 4.79 Å². The third kappa shape index (κ3) is 7.64. The van der Waals surface area contributed by atoms with E-state index in [9.17, 15) is 4.79 Å². The Balaban J connectivity index is 1.53. The van der Waals surface area contributed by atoms with Crippen LogP contribution in [0.15, 0.2) is 47.5 Å². The van der Waals surface area contributed by atoms with E-state index in [0.29, 0.717) is 21.5 Å². The Kier molecular flexibility index (Phi) is 9.61. The highest BCUT2D eigenvalue weighted by atomic mass is 35.5. The van der Waals surface area contributed by atoms with Gasteiger partial charge in [-0.1, -0.05) is 62.2 Å². The molecule has 6 nitrogen and oxygen atoms in total. The molecule has 1 unspecified atom stereocenters. The SMILES string of the molecule is CC(C)(C)C1CCC(N=C(Nc2ccc(C(CC(N)=O)c3ccc(Cl)cc3Cl)cc2)N2CCNCC2)CC1. The van der Waals surface area contributed by atoms with Crippen LogP contribution in [-0.4, -0.2) is 49.0 Å². The summed E-state index contributed by atoms with van der Waals surface area (Å²) in [6.07, 6.45) is 4.90. The van der Waals surface area contributed by atoms with Crippen molar-refractivity contribution < 1.29 is 4.79 Å². The molecular formula is C30H41Cl2N5O. The molecule has 38 heavy (non-hydrogen) atoms. The molecule has 2 aliphatic rings. The van der Waals surface area contributed by atoms with Crippen LogP contribution >= 0.6 is 23.2 Å². The van der Waals surface area contributed by atoms with E-state index in [2.05, 4.69) is 36.3 Å². The van der Waals surface area contributed by atoms with Crippen LogP contribution in [0, 0.1) is 11.3 Å². The van der Waals surface area contributed by atoms with E-state index < -0.39 is 0 Å². The van der Waals surface area contributed by atoms with Gasteiger partial charge < -0.3 is 21.3 Å². The molecule has 1 aliphatic carbocycles. The first-order chi connectivity index (χ1) is 18.1. The number of halogens is 2. The second kappa shape index (κ2) is 12.7. The fourth-order valence-electron chi connectivity index (χ4n) is 5.63. The van der Waals surface area contributed by atoms with Gasteiger partial charge in [0.15, 0.2) is 5.96 Å². The minimum Gasteiger partial charge on any atom is -0.370 e. The van der Waals surface area contributed by atoms with Crippen LogP contribution in [0.4, 0.5) is 5.69 Å². The quantitative estimate of drug-likeness (QED) is 0.288. The minimum absolute atomic E-state index is 0.166. The number of carbonyl (C=O) groups excluding carboxylic acids is 1. The summed E-state index contributed by atoms with van der Waals surface area (Å²) in [6.45, 7) is 10.8. The highest BCUT2D eigenvalue weighted by Gasteiger charge is 2.30. The molecule has 1 amide bonds. The smallest absolute Gasteiger partial charge is 0.218 e. The normalized spacial score (nSPS) is 21.7. The van der Waals surface area contributed by atoms with E-state index in [4.69, 9.17) is 33.9 Å². The molecule has 1 atom stereocenters. The van der Waals surface area contributed by atoms with Crippen LogP contribution in [-0.2, 0) is 4.79 Å². The van der Waals surface area contributed by atoms with Gasteiger partial charge in [-0.05, 0) is 72.4 Å². The van der Waals surface area contributed by atoms with Gasteiger partial charge in [-0.15, -0.1) is 0 Å². The molecule has 0 spiro atoms. The van der Waals surface area contributed by atoms with Crippen molar-refractivity contribution in [2.24, 2.45) is 22.1 Å². The van der Waals surface area contributed by atoms with Crippen molar-refractivity contribution in [1.82, 2.24) is 10.2 Å². The van der Waals surface area contributed by atoms with E-state index >= 15 is 0 Å². The summed E-state index contributed by atoms with van der Waals surface area (Å²) < 4.78 is 0. The van der Waals surface area contributed by atoms with Crippen LogP contribution in [0.3, 0.4) is 0 Å². The Bertz CT molecular complexity index is 1110. The van der Waals surface area contributed by atoms with E-state index in [1.165, 1.54) is 12.8 Å². The molecule has 0 radical (unpaired) electrons. The highest BCUT2D eigenvalue weighted by Crippen LogP contribution is 2.39. The summed E-state index contributed by atoms with van der Waals surface area (Å²) >= 11 is 12.6. The summed E-state index contributed by atoms with van der Waals surface area (Å²) in [4.78, 5) is 19.5. The zero-order valence-corrected chi connectivity index (χ0v) is 24.3. The van der Waals surface area contributed by atoms with Crippen LogP contribution in [0.1, 0.15) is 69.9 Å². The molecule has 4 N–H and O–H groups in total. The lowest BCUT2D eigenvalue weighted by atomic mass is 9.71. The number of primary amides is 1. The number of nitrogens with one attached hydrogen (secondary N) is 2. The number of hydrogen-bond acceptors (Lipinski definition) is 3. The average molecular weight is 559 g/mol. The summed E-state index contributed by atoms with van der Waals surface area (Å²) in [6, 6.07) is 13.9. The van der Waals surface area contributed by atoms with E-state index in [1.54, 1.807) is 12.1 Å². The molecule has 1 saturated heterocycles. The molecule has 1 saturated carbocycles. The van der Waals surface area contributed by atoms with E-state index in [-0.39, 0.29) is 18.2 Å². The van der Waals surface area contributed by atoms with Crippen molar-refractivity contribution in [3.8, 4) is 0 Å². The molecule has 206 valence electrons. The molecule has 1 aliphatic heterocycles. The van der Waals surface area contributed by atoms with Gasteiger partial charge in [0.2, 0.25) is 5.91 Å². The number of piperazine rings is 1. The first kappa shape index (κ1) is 28.7. The summed E-state index contributed by atoms with van der Waals surface area (Å²) in [5.74, 6) is 1.09. The lowest BCUT2D eigenvalue weighted by molar-refractivity contribution is -0.118. The largest absolute Gasteiger partial charge is 0.370 e. The van der Waals surface area contributed by atoms with Crippen molar-refractivity contribution in [2.45, 2.75) is 64.8 Å². The first-order valence-corrected chi connectivity index (χ1v) is 14.5. The predicted octanol–water partition coefficient (Wildman–Crippen LogP) is 6.28. The van der Waals surface area contributed by atoms with Gasteiger partial charge in [0, 0.05) is 54.3 Å². The summed E-state index contributed by atoms with van der Waals surface area (Å²) in [7, 11) is 0. The second-order valence-electron chi connectivity index (χ2n) is 11.7. The fraction of sp³-hybridized carbons (Fsp3) is 0.533. The molecular weight excluding hydrogens is 517 g/mol. The zero-order chi connectivity index (χ0) is 27.3. The van der Waals surface area contributed by atoms with Gasteiger partial charge in [-0.25, -0.2) is 4.99 Å². The topological polar surface area (TPSA) is 82.7 Å². The molecule has 0 bridgehead atoms. The molecule has 0 aromatic heterocycles.